The second-order valence-electron chi connectivity index (χ2n) is 7.71. The van der Waals surface area contributed by atoms with Gasteiger partial charge in [-0.1, -0.05) is 6.92 Å². The van der Waals surface area contributed by atoms with Crippen LogP contribution in [0.25, 0.3) is 0 Å². The van der Waals surface area contributed by atoms with Gasteiger partial charge in [0.2, 0.25) is 5.91 Å². The minimum Gasteiger partial charge on any atom is -0.354 e. The Balaban J connectivity index is 1.42. The quantitative estimate of drug-likeness (QED) is 0.828. The summed E-state index contributed by atoms with van der Waals surface area (Å²) in [4.78, 5) is 14.9. The van der Waals surface area contributed by atoms with Crippen molar-refractivity contribution in [3.8, 4) is 0 Å². The lowest BCUT2D eigenvalue weighted by atomic mass is 9.92. The Morgan fingerprint density at radius 2 is 2.19 bits per heavy atom. The first-order chi connectivity index (χ1) is 10.1. The number of piperidine rings is 2. The summed E-state index contributed by atoms with van der Waals surface area (Å²) in [5, 5.41) is 6.63. The summed E-state index contributed by atoms with van der Waals surface area (Å²) in [5.41, 5.74) is 0.359. The van der Waals surface area contributed by atoms with Crippen LogP contribution in [0.1, 0.15) is 46.0 Å². The number of likely N-dealkylation sites (tertiary alicyclic amines) is 1. The maximum absolute atomic E-state index is 12.4. The first kappa shape index (κ1) is 15.3. The maximum atomic E-state index is 12.4. The van der Waals surface area contributed by atoms with Gasteiger partial charge in [-0.3, -0.25) is 9.69 Å². The summed E-state index contributed by atoms with van der Waals surface area (Å²) in [7, 11) is 0. The molecule has 3 unspecified atom stereocenters. The van der Waals surface area contributed by atoms with Crippen LogP contribution in [-0.4, -0.2) is 49.6 Å². The molecule has 2 saturated heterocycles. The van der Waals surface area contributed by atoms with Crippen molar-refractivity contribution in [1.29, 1.82) is 0 Å². The molecule has 3 rings (SSSR count). The summed E-state index contributed by atoms with van der Waals surface area (Å²) < 4.78 is 0. The van der Waals surface area contributed by atoms with Crippen molar-refractivity contribution < 1.29 is 4.79 Å². The van der Waals surface area contributed by atoms with Gasteiger partial charge in [-0.05, 0) is 70.0 Å². The molecule has 4 nitrogen and oxygen atoms in total. The van der Waals surface area contributed by atoms with E-state index in [2.05, 4.69) is 29.4 Å². The average molecular weight is 293 g/mol. The van der Waals surface area contributed by atoms with Gasteiger partial charge in [0.1, 0.15) is 0 Å². The molecular formula is C17H31N3O. The number of nitrogens with one attached hydrogen (secondary N) is 2. The van der Waals surface area contributed by atoms with Crippen molar-refractivity contribution in [2.24, 2.45) is 17.3 Å². The summed E-state index contributed by atoms with van der Waals surface area (Å²) in [6.07, 6.45) is 6.15. The molecule has 0 radical (unpaired) electrons. The Hall–Kier alpha value is -0.610. The van der Waals surface area contributed by atoms with Crippen LogP contribution in [0.2, 0.25) is 0 Å². The number of nitrogens with zero attached hydrogens (tertiary/aromatic N) is 1. The van der Waals surface area contributed by atoms with Crippen molar-refractivity contribution in [3.05, 3.63) is 0 Å². The van der Waals surface area contributed by atoms with Crippen LogP contribution in [0.3, 0.4) is 0 Å². The van der Waals surface area contributed by atoms with E-state index in [0.717, 1.165) is 32.0 Å². The first-order valence-electron chi connectivity index (χ1n) is 8.83. The molecule has 3 atom stereocenters. The third-order valence-corrected chi connectivity index (χ3v) is 5.99. The zero-order chi connectivity index (χ0) is 14.9. The molecule has 2 N–H and O–H groups in total. The zero-order valence-corrected chi connectivity index (χ0v) is 13.7. The third-order valence-electron chi connectivity index (χ3n) is 5.99. The topological polar surface area (TPSA) is 44.4 Å². The SMILES string of the molecule is CC1CCCN(C(C)CNC(=O)C2CC23CCNCC3)C1. The first-order valence-corrected chi connectivity index (χ1v) is 8.83. The number of hydrogen-bond donors (Lipinski definition) is 2. The van der Waals surface area contributed by atoms with Crippen LogP contribution in [0.15, 0.2) is 0 Å². The standard InChI is InChI=1S/C17H31N3O/c1-13-4-3-9-20(12-13)14(2)11-19-16(21)15-10-17(15)5-7-18-8-6-17/h13-15,18H,3-12H2,1-2H3,(H,19,21). The molecule has 1 spiro atoms. The van der Waals surface area contributed by atoms with Crippen molar-refractivity contribution in [2.75, 3.05) is 32.7 Å². The molecule has 120 valence electrons. The Labute approximate surface area is 129 Å². The molecule has 3 aliphatic rings. The molecule has 0 aromatic carbocycles. The Kier molecular flexibility index (Phi) is 4.55. The summed E-state index contributed by atoms with van der Waals surface area (Å²) in [6.45, 7) is 9.97. The van der Waals surface area contributed by atoms with Gasteiger partial charge in [0.05, 0.1) is 0 Å². The molecular weight excluding hydrogens is 262 g/mol. The van der Waals surface area contributed by atoms with Gasteiger partial charge in [-0.15, -0.1) is 0 Å². The highest BCUT2D eigenvalue weighted by Crippen LogP contribution is 2.58. The van der Waals surface area contributed by atoms with E-state index in [0.29, 0.717) is 23.3 Å². The average Bonchev–Trinajstić information content (AvgIpc) is 3.18. The van der Waals surface area contributed by atoms with Gasteiger partial charge in [-0.25, -0.2) is 0 Å². The van der Waals surface area contributed by atoms with Crippen LogP contribution < -0.4 is 10.6 Å². The highest BCUT2D eigenvalue weighted by Gasteiger charge is 2.57. The van der Waals surface area contributed by atoms with Gasteiger partial charge in [0.25, 0.3) is 0 Å². The van der Waals surface area contributed by atoms with Crippen LogP contribution in [0.4, 0.5) is 0 Å². The van der Waals surface area contributed by atoms with Crippen molar-refractivity contribution in [3.63, 3.8) is 0 Å². The minimum atomic E-state index is 0.298. The molecule has 21 heavy (non-hydrogen) atoms. The second-order valence-corrected chi connectivity index (χ2v) is 7.71. The van der Waals surface area contributed by atoms with E-state index in [-0.39, 0.29) is 0 Å². The smallest absolute Gasteiger partial charge is 0.223 e. The molecule has 4 heteroatoms. The third kappa shape index (κ3) is 3.42. The van der Waals surface area contributed by atoms with E-state index in [1.807, 2.05) is 0 Å². The number of hydrogen-bond acceptors (Lipinski definition) is 3. The highest BCUT2D eigenvalue weighted by atomic mass is 16.2. The molecule has 2 heterocycles. The predicted molar refractivity (Wildman–Crippen MR) is 85.1 cm³/mol. The number of amides is 1. The monoisotopic (exact) mass is 293 g/mol. The van der Waals surface area contributed by atoms with E-state index in [1.54, 1.807) is 0 Å². The van der Waals surface area contributed by atoms with E-state index < -0.39 is 0 Å². The van der Waals surface area contributed by atoms with E-state index >= 15 is 0 Å². The highest BCUT2D eigenvalue weighted by molar-refractivity contribution is 5.82. The second kappa shape index (κ2) is 6.25. The summed E-state index contributed by atoms with van der Waals surface area (Å²) >= 11 is 0. The number of carbonyl (C=O) groups is 1. The molecule has 3 fully saturated rings. The lowest BCUT2D eigenvalue weighted by Gasteiger charge is -2.35. The lowest BCUT2D eigenvalue weighted by molar-refractivity contribution is -0.123. The molecule has 2 aliphatic heterocycles. The normalized spacial score (nSPS) is 33.6. The minimum absolute atomic E-state index is 0.298. The molecule has 1 aliphatic carbocycles. The van der Waals surface area contributed by atoms with Gasteiger partial charge in [0.15, 0.2) is 0 Å². The van der Waals surface area contributed by atoms with Gasteiger partial charge < -0.3 is 10.6 Å². The largest absolute Gasteiger partial charge is 0.354 e. The molecule has 0 aromatic rings. The maximum Gasteiger partial charge on any atom is 0.223 e. The molecule has 1 amide bonds. The fourth-order valence-corrected chi connectivity index (χ4v) is 4.32. The van der Waals surface area contributed by atoms with Crippen LogP contribution in [0, 0.1) is 17.3 Å². The summed E-state index contributed by atoms with van der Waals surface area (Å²) in [6, 6.07) is 0.472. The molecule has 0 bridgehead atoms. The predicted octanol–water partition coefficient (Wildman–Crippen LogP) is 1.61. The van der Waals surface area contributed by atoms with Crippen molar-refractivity contribution in [2.45, 2.75) is 52.0 Å². The van der Waals surface area contributed by atoms with Crippen molar-refractivity contribution in [1.82, 2.24) is 15.5 Å². The van der Waals surface area contributed by atoms with E-state index in [4.69, 9.17) is 0 Å². The van der Waals surface area contributed by atoms with Crippen LogP contribution in [-0.2, 0) is 4.79 Å². The van der Waals surface area contributed by atoms with Crippen LogP contribution >= 0.6 is 0 Å². The van der Waals surface area contributed by atoms with Gasteiger partial charge in [0, 0.05) is 25.0 Å². The summed E-state index contributed by atoms with van der Waals surface area (Å²) in [5.74, 6) is 1.42. The number of rotatable bonds is 4. The fraction of sp³-hybridized carbons (Fsp3) is 0.941. The Morgan fingerprint density at radius 1 is 1.43 bits per heavy atom. The Bertz CT molecular complexity index is 378. The van der Waals surface area contributed by atoms with E-state index in [9.17, 15) is 4.79 Å². The Morgan fingerprint density at radius 3 is 2.90 bits per heavy atom. The van der Waals surface area contributed by atoms with Crippen molar-refractivity contribution >= 4 is 5.91 Å². The number of carbonyl (C=O) groups excluding carboxylic acids is 1. The van der Waals surface area contributed by atoms with E-state index in [1.165, 1.54) is 38.8 Å². The molecule has 0 aromatic heterocycles. The lowest BCUT2D eigenvalue weighted by Crippen LogP contribution is -2.46. The van der Waals surface area contributed by atoms with Crippen LogP contribution in [0.5, 0.6) is 0 Å². The zero-order valence-electron chi connectivity index (χ0n) is 13.7. The fourth-order valence-electron chi connectivity index (χ4n) is 4.32. The van der Waals surface area contributed by atoms with Gasteiger partial charge >= 0.3 is 0 Å². The van der Waals surface area contributed by atoms with Gasteiger partial charge in [-0.2, -0.15) is 0 Å². The molecule has 1 saturated carbocycles.